The second-order valence-corrected chi connectivity index (χ2v) is 7.15. The first-order chi connectivity index (χ1) is 14.1. The lowest BCUT2D eigenvalue weighted by Gasteiger charge is -2.21. The zero-order valence-corrected chi connectivity index (χ0v) is 16.4. The summed E-state index contributed by atoms with van der Waals surface area (Å²) < 4.78 is 3.28. The van der Waals surface area contributed by atoms with Gasteiger partial charge in [-0.25, -0.2) is 9.67 Å². The Morgan fingerprint density at radius 2 is 1.90 bits per heavy atom. The molecule has 1 N–H and O–H groups in total. The summed E-state index contributed by atoms with van der Waals surface area (Å²) in [6.07, 6.45) is 4.06. The lowest BCUT2D eigenvalue weighted by atomic mass is 10.2. The Balaban J connectivity index is 1.52. The molecule has 1 unspecified atom stereocenters. The number of hydrogen-bond acceptors (Lipinski definition) is 4. The highest BCUT2D eigenvalue weighted by atomic mass is 16.2. The third-order valence-corrected chi connectivity index (χ3v) is 5.27. The lowest BCUT2D eigenvalue weighted by Crippen LogP contribution is -2.43. The van der Waals surface area contributed by atoms with Crippen LogP contribution >= 0.6 is 0 Å². The molecule has 2 heterocycles. The predicted molar refractivity (Wildman–Crippen MR) is 113 cm³/mol. The maximum atomic E-state index is 12.9. The van der Waals surface area contributed by atoms with Crippen molar-refractivity contribution in [2.45, 2.75) is 38.9 Å². The van der Waals surface area contributed by atoms with Crippen LogP contribution in [0.3, 0.4) is 0 Å². The second-order valence-electron chi connectivity index (χ2n) is 7.15. The summed E-state index contributed by atoms with van der Waals surface area (Å²) in [5.41, 5.74) is 1.62. The van der Waals surface area contributed by atoms with Crippen molar-refractivity contribution in [2.75, 3.05) is 0 Å². The smallest absolute Gasteiger partial charge is 0.274 e. The zero-order valence-electron chi connectivity index (χ0n) is 16.4. The van der Waals surface area contributed by atoms with Crippen LogP contribution in [0.5, 0.6) is 0 Å². The van der Waals surface area contributed by atoms with Gasteiger partial charge in [-0.15, -0.1) is 0 Å². The van der Waals surface area contributed by atoms with E-state index in [4.69, 9.17) is 0 Å². The Kier molecular flexibility index (Phi) is 5.12. The summed E-state index contributed by atoms with van der Waals surface area (Å²) in [5.74, 6) is -0.117. The SMILES string of the molecule is CC[C@H](Cn1ncc2ccccc2c1=O)NC(=O)C(C)n1cnc2ccccc21. The van der Waals surface area contributed by atoms with Crippen molar-refractivity contribution in [2.24, 2.45) is 0 Å². The number of hydrogen-bond donors (Lipinski definition) is 1. The number of aromatic nitrogens is 4. The van der Waals surface area contributed by atoms with Gasteiger partial charge in [-0.05, 0) is 31.5 Å². The van der Waals surface area contributed by atoms with Gasteiger partial charge in [0.15, 0.2) is 0 Å². The minimum absolute atomic E-state index is 0.117. The molecule has 0 aliphatic rings. The number of rotatable bonds is 6. The summed E-state index contributed by atoms with van der Waals surface area (Å²) in [6, 6.07) is 14.5. The minimum Gasteiger partial charge on any atom is -0.350 e. The van der Waals surface area contributed by atoms with Crippen molar-refractivity contribution in [3.8, 4) is 0 Å². The highest BCUT2D eigenvalue weighted by Crippen LogP contribution is 2.17. The average molecular weight is 389 g/mol. The summed E-state index contributed by atoms with van der Waals surface area (Å²) >= 11 is 0. The number of carbonyl (C=O) groups is 1. The van der Waals surface area contributed by atoms with E-state index in [1.165, 1.54) is 4.68 Å². The molecule has 0 saturated heterocycles. The Bertz CT molecular complexity index is 1230. The summed E-state index contributed by atoms with van der Waals surface area (Å²) in [4.78, 5) is 29.9. The molecule has 2 aromatic carbocycles. The topological polar surface area (TPSA) is 81.8 Å². The monoisotopic (exact) mass is 389 g/mol. The molecular formula is C22H23N5O2. The number of carbonyl (C=O) groups excluding carboxylic acids is 1. The van der Waals surface area contributed by atoms with Crippen molar-refractivity contribution in [1.29, 1.82) is 0 Å². The fraction of sp³-hybridized carbons (Fsp3) is 0.273. The standard InChI is InChI=1S/C22H23N5O2/c1-3-17(13-27-22(29)18-9-5-4-8-16(18)12-24-27)25-21(28)15(2)26-14-23-19-10-6-7-11-20(19)26/h4-12,14-15,17H,3,13H2,1-2H3,(H,25,28)/t15?,17-/m1/s1. The summed E-state index contributed by atoms with van der Waals surface area (Å²) in [5, 5.41) is 8.77. The average Bonchev–Trinajstić information content (AvgIpc) is 3.18. The first-order valence-electron chi connectivity index (χ1n) is 9.75. The number of para-hydroxylation sites is 2. The number of fused-ring (bicyclic) bond motifs is 2. The molecule has 4 rings (SSSR count). The first-order valence-corrected chi connectivity index (χ1v) is 9.75. The Morgan fingerprint density at radius 1 is 1.14 bits per heavy atom. The van der Waals surface area contributed by atoms with Crippen LogP contribution in [0.1, 0.15) is 26.3 Å². The van der Waals surface area contributed by atoms with E-state index in [9.17, 15) is 9.59 Å². The largest absolute Gasteiger partial charge is 0.350 e. The lowest BCUT2D eigenvalue weighted by molar-refractivity contribution is -0.124. The molecule has 0 bridgehead atoms. The van der Waals surface area contributed by atoms with Crippen molar-refractivity contribution in [3.05, 3.63) is 71.4 Å². The van der Waals surface area contributed by atoms with E-state index in [0.29, 0.717) is 18.4 Å². The Morgan fingerprint density at radius 3 is 2.72 bits per heavy atom. The van der Waals surface area contributed by atoms with Gasteiger partial charge in [-0.2, -0.15) is 5.10 Å². The molecule has 1 amide bonds. The van der Waals surface area contributed by atoms with Gasteiger partial charge in [-0.3, -0.25) is 9.59 Å². The van der Waals surface area contributed by atoms with Crippen LogP contribution in [0.2, 0.25) is 0 Å². The molecule has 0 aliphatic heterocycles. The predicted octanol–water partition coefficient (Wildman–Crippen LogP) is 2.90. The fourth-order valence-electron chi connectivity index (χ4n) is 3.48. The molecule has 2 atom stereocenters. The van der Waals surface area contributed by atoms with E-state index in [1.807, 2.05) is 60.9 Å². The molecule has 0 fully saturated rings. The van der Waals surface area contributed by atoms with Gasteiger partial charge < -0.3 is 9.88 Å². The fourth-order valence-corrected chi connectivity index (χ4v) is 3.48. The van der Waals surface area contributed by atoms with Crippen molar-refractivity contribution < 1.29 is 4.79 Å². The molecule has 2 aromatic heterocycles. The maximum absolute atomic E-state index is 12.9. The molecule has 29 heavy (non-hydrogen) atoms. The second kappa shape index (κ2) is 7.87. The van der Waals surface area contributed by atoms with Gasteiger partial charge in [0.2, 0.25) is 5.91 Å². The van der Waals surface area contributed by atoms with Crippen molar-refractivity contribution in [1.82, 2.24) is 24.6 Å². The summed E-state index contributed by atoms with van der Waals surface area (Å²) in [6.45, 7) is 4.15. The number of imidazole rings is 1. The first kappa shape index (κ1) is 18.9. The molecular weight excluding hydrogens is 366 g/mol. The van der Waals surface area contributed by atoms with Gasteiger partial charge in [0.25, 0.3) is 5.56 Å². The quantitative estimate of drug-likeness (QED) is 0.550. The van der Waals surface area contributed by atoms with Crippen LogP contribution in [-0.4, -0.2) is 31.3 Å². The number of nitrogens with zero attached hydrogens (tertiary/aromatic N) is 4. The van der Waals surface area contributed by atoms with Crippen LogP contribution in [0, 0.1) is 0 Å². The molecule has 7 nitrogen and oxygen atoms in total. The van der Waals surface area contributed by atoms with Gasteiger partial charge in [0.05, 0.1) is 35.5 Å². The van der Waals surface area contributed by atoms with E-state index in [1.54, 1.807) is 18.6 Å². The molecule has 0 saturated carbocycles. The summed E-state index contributed by atoms with van der Waals surface area (Å²) in [7, 11) is 0. The Labute approximate surface area is 168 Å². The van der Waals surface area contributed by atoms with Crippen LogP contribution in [0.4, 0.5) is 0 Å². The number of nitrogens with one attached hydrogen (secondary N) is 1. The molecule has 0 radical (unpaired) electrons. The van der Waals surface area contributed by atoms with Gasteiger partial charge in [0.1, 0.15) is 6.04 Å². The van der Waals surface area contributed by atoms with E-state index in [0.717, 1.165) is 16.4 Å². The van der Waals surface area contributed by atoms with Gasteiger partial charge in [0, 0.05) is 11.4 Å². The minimum atomic E-state index is -0.419. The van der Waals surface area contributed by atoms with E-state index >= 15 is 0 Å². The van der Waals surface area contributed by atoms with Crippen LogP contribution in [0.15, 0.2) is 65.8 Å². The van der Waals surface area contributed by atoms with Crippen LogP contribution in [-0.2, 0) is 11.3 Å². The van der Waals surface area contributed by atoms with E-state index in [2.05, 4.69) is 15.4 Å². The normalized spacial score (nSPS) is 13.4. The highest BCUT2D eigenvalue weighted by Gasteiger charge is 2.20. The van der Waals surface area contributed by atoms with Crippen molar-refractivity contribution >= 4 is 27.7 Å². The molecule has 0 spiro atoms. The maximum Gasteiger partial charge on any atom is 0.274 e. The van der Waals surface area contributed by atoms with Crippen LogP contribution in [0.25, 0.3) is 21.8 Å². The zero-order chi connectivity index (χ0) is 20.4. The van der Waals surface area contributed by atoms with Crippen LogP contribution < -0.4 is 10.9 Å². The third-order valence-electron chi connectivity index (χ3n) is 5.27. The molecule has 0 aliphatic carbocycles. The highest BCUT2D eigenvalue weighted by molar-refractivity contribution is 5.84. The third kappa shape index (κ3) is 3.63. The van der Waals surface area contributed by atoms with Gasteiger partial charge in [-0.1, -0.05) is 37.3 Å². The van der Waals surface area contributed by atoms with Crippen molar-refractivity contribution in [3.63, 3.8) is 0 Å². The Hall–Kier alpha value is -3.48. The molecule has 7 heteroatoms. The van der Waals surface area contributed by atoms with E-state index in [-0.39, 0.29) is 17.5 Å². The number of amides is 1. The van der Waals surface area contributed by atoms with E-state index < -0.39 is 6.04 Å². The van der Waals surface area contributed by atoms with Gasteiger partial charge >= 0.3 is 0 Å². The molecule has 148 valence electrons. The molecule has 4 aromatic rings. The number of benzene rings is 2.